The predicted octanol–water partition coefficient (Wildman–Crippen LogP) is 3.11. The van der Waals surface area contributed by atoms with Crippen LogP contribution in [0, 0.1) is 5.82 Å². The molecule has 4 rings (SSSR count). The molecule has 1 unspecified atom stereocenters. The largest absolute Gasteiger partial charge is 0.497 e. The fourth-order valence-corrected chi connectivity index (χ4v) is 4.67. The Morgan fingerprint density at radius 1 is 1.24 bits per heavy atom. The molecule has 2 heterocycles. The molecule has 8 heteroatoms. The van der Waals surface area contributed by atoms with E-state index in [4.69, 9.17) is 9.47 Å². The molecule has 0 saturated carbocycles. The lowest BCUT2D eigenvalue weighted by atomic mass is 9.96. The zero-order valence-electron chi connectivity index (χ0n) is 18.1. The van der Waals surface area contributed by atoms with Crippen LogP contribution in [-0.2, 0) is 9.53 Å². The number of ether oxygens (including phenoxy) is 2. The lowest BCUT2D eigenvalue weighted by Crippen LogP contribution is -2.39. The standard InChI is InChI=1S/C25H21FN2O4S/c1-4-13-32-24(30)21-15(2)27-25-28(22(21)16-9-11-18(31-3)12-10-16)23(29)20(33-25)14-17-7-5-6-8-19(17)26/h4-12,14,22H,1,13H2,2-3H3. The third-order valence-corrected chi connectivity index (χ3v) is 6.18. The summed E-state index contributed by atoms with van der Waals surface area (Å²) in [7, 11) is 1.56. The SMILES string of the molecule is C=CCOC(=O)C1=C(C)N=c2sc(=Cc3ccccc3F)c(=O)n2C1c1ccc(OC)cc1. The van der Waals surface area contributed by atoms with E-state index in [2.05, 4.69) is 11.6 Å². The molecular weight excluding hydrogens is 443 g/mol. The van der Waals surface area contributed by atoms with Crippen LogP contribution in [0.3, 0.4) is 0 Å². The number of halogens is 1. The zero-order chi connectivity index (χ0) is 23.5. The van der Waals surface area contributed by atoms with Gasteiger partial charge in [-0.2, -0.15) is 0 Å². The van der Waals surface area contributed by atoms with Gasteiger partial charge in [0.2, 0.25) is 0 Å². The molecule has 0 saturated heterocycles. The van der Waals surface area contributed by atoms with E-state index in [1.165, 1.54) is 22.8 Å². The fraction of sp³-hybridized carbons (Fsp3) is 0.160. The average Bonchev–Trinajstić information content (AvgIpc) is 3.12. The number of hydrogen-bond acceptors (Lipinski definition) is 6. The molecule has 2 aromatic carbocycles. The summed E-state index contributed by atoms with van der Waals surface area (Å²) in [5.41, 5.74) is 1.32. The smallest absolute Gasteiger partial charge is 0.338 e. The van der Waals surface area contributed by atoms with Gasteiger partial charge in [-0.3, -0.25) is 9.36 Å². The number of nitrogens with zero attached hydrogens (tertiary/aromatic N) is 2. The van der Waals surface area contributed by atoms with Crippen LogP contribution in [0.2, 0.25) is 0 Å². The third-order valence-electron chi connectivity index (χ3n) is 5.20. The minimum Gasteiger partial charge on any atom is -0.497 e. The van der Waals surface area contributed by atoms with Crippen LogP contribution in [0.4, 0.5) is 4.39 Å². The Morgan fingerprint density at radius 3 is 2.64 bits per heavy atom. The van der Waals surface area contributed by atoms with Gasteiger partial charge in [-0.25, -0.2) is 14.2 Å². The van der Waals surface area contributed by atoms with Crippen molar-refractivity contribution in [2.45, 2.75) is 13.0 Å². The minimum atomic E-state index is -0.757. The van der Waals surface area contributed by atoms with E-state index in [0.717, 1.165) is 11.3 Å². The predicted molar refractivity (Wildman–Crippen MR) is 124 cm³/mol. The van der Waals surface area contributed by atoms with Crippen molar-refractivity contribution in [1.29, 1.82) is 0 Å². The molecule has 0 N–H and O–H groups in total. The number of esters is 1. The van der Waals surface area contributed by atoms with Crippen molar-refractivity contribution >= 4 is 23.4 Å². The molecule has 0 fully saturated rings. The van der Waals surface area contributed by atoms with Crippen LogP contribution in [0.15, 0.2) is 82.2 Å². The summed E-state index contributed by atoms with van der Waals surface area (Å²) < 4.78 is 26.5. The highest BCUT2D eigenvalue weighted by Gasteiger charge is 2.33. The Balaban J connectivity index is 1.94. The van der Waals surface area contributed by atoms with E-state index in [1.807, 2.05) is 0 Å². The second kappa shape index (κ2) is 9.38. The van der Waals surface area contributed by atoms with E-state index in [9.17, 15) is 14.0 Å². The van der Waals surface area contributed by atoms with Crippen molar-refractivity contribution in [3.05, 3.63) is 109 Å². The van der Waals surface area contributed by atoms with Crippen LogP contribution >= 0.6 is 11.3 Å². The molecule has 1 aromatic heterocycles. The molecule has 0 radical (unpaired) electrons. The van der Waals surface area contributed by atoms with Crippen molar-refractivity contribution in [2.24, 2.45) is 4.99 Å². The second-order valence-electron chi connectivity index (χ2n) is 7.26. The summed E-state index contributed by atoms with van der Waals surface area (Å²) in [6, 6.07) is 12.5. The van der Waals surface area contributed by atoms with E-state index < -0.39 is 17.8 Å². The van der Waals surface area contributed by atoms with Crippen LogP contribution in [0.5, 0.6) is 5.75 Å². The Kier molecular flexibility index (Phi) is 6.37. The normalized spacial score (nSPS) is 15.6. The van der Waals surface area contributed by atoms with Crippen molar-refractivity contribution < 1.29 is 18.7 Å². The van der Waals surface area contributed by atoms with Crippen molar-refractivity contribution in [2.75, 3.05) is 13.7 Å². The lowest BCUT2D eigenvalue weighted by Gasteiger charge is -2.24. The van der Waals surface area contributed by atoms with Gasteiger partial charge in [-0.05, 0) is 36.8 Å². The summed E-state index contributed by atoms with van der Waals surface area (Å²) in [6.07, 6.45) is 2.97. The van der Waals surface area contributed by atoms with E-state index in [1.54, 1.807) is 56.5 Å². The number of thiazole rings is 1. The first kappa shape index (κ1) is 22.4. The van der Waals surface area contributed by atoms with Gasteiger partial charge in [0.15, 0.2) is 4.80 Å². The highest BCUT2D eigenvalue weighted by atomic mass is 32.1. The number of methoxy groups -OCH3 is 1. The first-order valence-corrected chi connectivity index (χ1v) is 10.9. The molecular formula is C25H21FN2O4S. The number of rotatable bonds is 6. The number of allylic oxidation sites excluding steroid dienone is 1. The van der Waals surface area contributed by atoms with E-state index >= 15 is 0 Å². The summed E-state index contributed by atoms with van der Waals surface area (Å²) >= 11 is 1.14. The molecule has 6 nitrogen and oxygen atoms in total. The van der Waals surface area contributed by atoms with Crippen LogP contribution < -0.4 is 19.6 Å². The Morgan fingerprint density at radius 2 is 1.97 bits per heavy atom. The highest BCUT2D eigenvalue weighted by Crippen LogP contribution is 2.31. The summed E-state index contributed by atoms with van der Waals surface area (Å²) in [4.78, 5) is 31.4. The lowest BCUT2D eigenvalue weighted by molar-refractivity contribution is -0.138. The second-order valence-corrected chi connectivity index (χ2v) is 8.27. The van der Waals surface area contributed by atoms with E-state index in [-0.39, 0.29) is 17.7 Å². The summed E-state index contributed by atoms with van der Waals surface area (Å²) in [5, 5.41) is 0. The molecule has 1 atom stereocenters. The Labute approximate surface area is 193 Å². The van der Waals surface area contributed by atoms with Gasteiger partial charge >= 0.3 is 5.97 Å². The van der Waals surface area contributed by atoms with E-state index in [0.29, 0.717) is 31.9 Å². The molecule has 1 aliphatic heterocycles. The van der Waals surface area contributed by atoms with Gasteiger partial charge in [0.05, 0.1) is 29.0 Å². The van der Waals surface area contributed by atoms with Crippen LogP contribution in [0.25, 0.3) is 6.08 Å². The van der Waals surface area contributed by atoms with Gasteiger partial charge in [0, 0.05) is 5.56 Å². The highest BCUT2D eigenvalue weighted by molar-refractivity contribution is 7.07. The third kappa shape index (κ3) is 4.29. The minimum absolute atomic E-state index is 0.0304. The molecule has 33 heavy (non-hydrogen) atoms. The van der Waals surface area contributed by atoms with Gasteiger partial charge in [0.1, 0.15) is 18.2 Å². The van der Waals surface area contributed by atoms with Gasteiger partial charge in [-0.1, -0.05) is 54.3 Å². The number of carbonyl (C=O) groups excluding carboxylic acids is 1. The first-order valence-electron chi connectivity index (χ1n) is 10.1. The first-order chi connectivity index (χ1) is 15.9. The maximum absolute atomic E-state index is 14.2. The van der Waals surface area contributed by atoms with Gasteiger partial charge < -0.3 is 9.47 Å². The number of benzene rings is 2. The van der Waals surface area contributed by atoms with Crippen molar-refractivity contribution in [3.8, 4) is 5.75 Å². The Bertz CT molecular complexity index is 1430. The maximum atomic E-state index is 14.2. The summed E-state index contributed by atoms with van der Waals surface area (Å²) in [6.45, 7) is 5.31. The summed E-state index contributed by atoms with van der Waals surface area (Å²) in [5.74, 6) is -0.373. The monoisotopic (exact) mass is 464 g/mol. The number of aromatic nitrogens is 1. The average molecular weight is 465 g/mol. The van der Waals surface area contributed by atoms with Crippen LogP contribution in [-0.4, -0.2) is 24.3 Å². The molecule has 0 aliphatic carbocycles. The van der Waals surface area contributed by atoms with Gasteiger partial charge in [0.25, 0.3) is 5.56 Å². The molecule has 1 aliphatic rings. The number of fused-ring (bicyclic) bond motifs is 1. The topological polar surface area (TPSA) is 69.9 Å². The van der Waals surface area contributed by atoms with Crippen LogP contribution in [0.1, 0.15) is 24.1 Å². The maximum Gasteiger partial charge on any atom is 0.338 e. The van der Waals surface area contributed by atoms with Crippen molar-refractivity contribution in [3.63, 3.8) is 0 Å². The number of carbonyl (C=O) groups is 1. The fourth-order valence-electron chi connectivity index (χ4n) is 3.63. The van der Waals surface area contributed by atoms with Gasteiger partial charge in [-0.15, -0.1) is 0 Å². The Hall–Kier alpha value is -3.78. The molecule has 3 aromatic rings. The number of hydrogen-bond donors (Lipinski definition) is 0. The molecule has 0 bridgehead atoms. The molecule has 0 spiro atoms. The quantitative estimate of drug-likeness (QED) is 0.415. The van der Waals surface area contributed by atoms with Crippen molar-refractivity contribution in [1.82, 2.24) is 4.57 Å². The zero-order valence-corrected chi connectivity index (χ0v) is 18.9. The molecule has 168 valence electrons. The molecule has 0 amide bonds.